The van der Waals surface area contributed by atoms with Crippen LogP contribution in [-0.2, 0) is 0 Å². The predicted molar refractivity (Wildman–Crippen MR) is 87.3 cm³/mol. The van der Waals surface area contributed by atoms with Gasteiger partial charge in [-0.3, -0.25) is 4.99 Å². The summed E-state index contributed by atoms with van der Waals surface area (Å²) in [7, 11) is 3.21. The van der Waals surface area contributed by atoms with Crippen LogP contribution in [-0.4, -0.2) is 38.7 Å². The number of thioether (sulfide) groups is 1. The third-order valence-electron chi connectivity index (χ3n) is 2.69. The highest BCUT2D eigenvalue weighted by molar-refractivity contribution is 7.98. The summed E-state index contributed by atoms with van der Waals surface area (Å²) in [4.78, 5) is 4.29. The molecule has 3 N–H and O–H groups in total. The van der Waals surface area contributed by atoms with Crippen molar-refractivity contribution in [3.05, 3.63) is 18.2 Å². The van der Waals surface area contributed by atoms with Crippen molar-refractivity contribution in [1.82, 2.24) is 0 Å². The first-order valence-corrected chi connectivity index (χ1v) is 7.88. The second-order valence-electron chi connectivity index (χ2n) is 4.16. The van der Waals surface area contributed by atoms with Gasteiger partial charge >= 0.3 is 0 Å². The molecule has 0 amide bonds. The Morgan fingerprint density at radius 2 is 2.00 bits per heavy atom. The van der Waals surface area contributed by atoms with E-state index in [1.165, 1.54) is 5.75 Å². The molecule has 0 saturated heterocycles. The van der Waals surface area contributed by atoms with Crippen LogP contribution in [0.25, 0.3) is 0 Å². The highest BCUT2D eigenvalue weighted by Gasteiger charge is 2.04. The van der Waals surface area contributed by atoms with Gasteiger partial charge < -0.3 is 20.5 Å². The van der Waals surface area contributed by atoms with Crippen LogP contribution in [0.5, 0.6) is 11.5 Å². The molecule has 5 nitrogen and oxygen atoms in total. The van der Waals surface area contributed by atoms with Crippen molar-refractivity contribution in [2.45, 2.75) is 12.8 Å². The van der Waals surface area contributed by atoms with Crippen LogP contribution < -0.4 is 20.5 Å². The lowest BCUT2D eigenvalue weighted by Gasteiger charge is -2.10. The number of aliphatic imine (C=N–C) groups is 1. The van der Waals surface area contributed by atoms with E-state index in [2.05, 4.69) is 16.6 Å². The largest absolute Gasteiger partial charge is 0.493 e. The van der Waals surface area contributed by atoms with Gasteiger partial charge in [0, 0.05) is 18.3 Å². The summed E-state index contributed by atoms with van der Waals surface area (Å²) in [6.45, 7) is 0.743. The standard InChI is InChI=1S/C14H23N3O2S/c1-18-12-7-6-11(10-13(12)19-2)17-14(15)16-8-4-5-9-20-3/h6-7,10H,4-5,8-9H2,1-3H3,(H3,15,16,17). The molecule has 0 spiro atoms. The van der Waals surface area contributed by atoms with Gasteiger partial charge in [0.1, 0.15) is 0 Å². The average Bonchev–Trinajstić information content (AvgIpc) is 2.46. The quantitative estimate of drug-likeness (QED) is 0.438. The molecule has 1 aromatic rings. The Morgan fingerprint density at radius 1 is 1.25 bits per heavy atom. The summed E-state index contributed by atoms with van der Waals surface area (Å²) in [5.74, 6) is 2.93. The van der Waals surface area contributed by atoms with Crippen LogP contribution in [0, 0.1) is 0 Å². The van der Waals surface area contributed by atoms with Crippen molar-refractivity contribution < 1.29 is 9.47 Å². The summed E-state index contributed by atoms with van der Waals surface area (Å²) in [6.07, 6.45) is 4.32. The van der Waals surface area contributed by atoms with Crippen molar-refractivity contribution in [2.24, 2.45) is 10.7 Å². The smallest absolute Gasteiger partial charge is 0.193 e. The maximum atomic E-state index is 5.84. The minimum atomic E-state index is 0.418. The van der Waals surface area contributed by atoms with Gasteiger partial charge in [-0.1, -0.05) is 0 Å². The summed E-state index contributed by atoms with van der Waals surface area (Å²) in [5.41, 5.74) is 6.67. The second kappa shape index (κ2) is 9.36. The highest BCUT2D eigenvalue weighted by atomic mass is 32.2. The van der Waals surface area contributed by atoms with Gasteiger partial charge in [-0.05, 0) is 37.0 Å². The summed E-state index contributed by atoms with van der Waals surface area (Å²) in [6, 6.07) is 5.53. The summed E-state index contributed by atoms with van der Waals surface area (Å²) < 4.78 is 10.4. The maximum Gasteiger partial charge on any atom is 0.193 e. The van der Waals surface area contributed by atoms with Crippen LogP contribution in [0.4, 0.5) is 5.69 Å². The predicted octanol–water partition coefficient (Wildman–Crippen LogP) is 2.57. The van der Waals surface area contributed by atoms with E-state index in [-0.39, 0.29) is 0 Å². The lowest BCUT2D eigenvalue weighted by Crippen LogP contribution is -2.22. The number of hydrogen-bond donors (Lipinski definition) is 2. The number of nitrogens with zero attached hydrogens (tertiary/aromatic N) is 1. The Balaban J connectivity index is 2.52. The molecule has 1 rings (SSSR count). The Kier molecular flexibility index (Phi) is 7.72. The molecule has 20 heavy (non-hydrogen) atoms. The number of methoxy groups -OCH3 is 2. The first-order valence-electron chi connectivity index (χ1n) is 6.49. The fourth-order valence-electron chi connectivity index (χ4n) is 1.66. The van der Waals surface area contributed by atoms with Crippen molar-refractivity contribution in [3.8, 4) is 11.5 Å². The van der Waals surface area contributed by atoms with Crippen molar-refractivity contribution in [1.29, 1.82) is 0 Å². The SMILES string of the molecule is COc1ccc(NC(N)=NCCCCSC)cc1OC. The number of unbranched alkanes of at least 4 members (excludes halogenated alkanes) is 1. The molecular formula is C14H23N3O2S. The lowest BCUT2D eigenvalue weighted by molar-refractivity contribution is 0.355. The van der Waals surface area contributed by atoms with E-state index < -0.39 is 0 Å². The monoisotopic (exact) mass is 297 g/mol. The molecule has 0 atom stereocenters. The van der Waals surface area contributed by atoms with Gasteiger partial charge in [-0.2, -0.15) is 11.8 Å². The van der Waals surface area contributed by atoms with Crippen molar-refractivity contribution in [3.63, 3.8) is 0 Å². The third kappa shape index (κ3) is 5.61. The van der Waals surface area contributed by atoms with E-state index in [4.69, 9.17) is 15.2 Å². The number of guanidine groups is 1. The number of anilines is 1. The third-order valence-corrected chi connectivity index (χ3v) is 3.39. The summed E-state index contributed by atoms with van der Waals surface area (Å²) in [5, 5.41) is 3.05. The van der Waals surface area contributed by atoms with Gasteiger partial charge in [0.15, 0.2) is 17.5 Å². The number of nitrogens with two attached hydrogens (primary N) is 1. The van der Waals surface area contributed by atoms with Crippen molar-refractivity contribution in [2.75, 3.05) is 38.1 Å². The molecule has 0 fully saturated rings. The number of benzene rings is 1. The molecule has 0 bridgehead atoms. The van der Waals surface area contributed by atoms with Crippen LogP contribution in [0.1, 0.15) is 12.8 Å². The van der Waals surface area contributed by atoms with Gasteiger partial charge in [-0.25, -0.2) is 0 Å². The normalized spacial score (nSPS) is 11.2. The zero-order valence-corrected chi connectivity index (χ0v) is 13.1. The molecule has 0 aromatic heterocycles. The first kappa shape index (κ1) is 16.5. The van der Waals surface area contributed by atoms with Crippen LogP contribution in [0.2, 0.25) is 0 Å². The fraction of sp³-hybridized carbons (Fsp3) is 0.500. The molecule has 0 aliphatic carbocycles. The number of hydrogen-bond acceptors (Lipinski definition) is 4. The maximum absolute atomic E-state index is 5.84. The zero-order valence-electron chi connectivity index (χ0n) is 12.3. The van der Waals surface area contributed by atoms with Crippen molar-refractivity contribution >= 4 is 23.4 Å². The van der Waals surface area contributed by atoms with Gasteiger partial charge in [0.05, 0.1) is 14.2 Å². The first-order chi connectivity index (χ1) is 9.71. The Hall–Kier alpha value is -1.56. The topological polar surface area (TPSA) is 68.9 Å². The van der Waals surface area contributed by atoms with Gasteiger partial charge in [0.25, 0.3) is 0 Å². The molecule has 0 saturated carbocycles. The number of nitrogens with one attached hydrogen (secondary N) is 1. The second-order valence-corrected chi connectivity index (χ2v) is 5.15. The highest BCUT2D eigenvalue weighted by Crippen LogP contribution is 2.29. The molecule has 0 heterocycles. The molecule has 6 heteroatoms. The van der Waals surface area contributed by atoms with E-state index in [9.17, 15) is 0 Å². The Labute approximate surface area is 124 Å². The van der Waals surface area contributed by atoms with E-state index in [1.54, 1.807) is 14.2 Å². The van der Waals surface area contributed by atoms with Crippen LogP contribution in [0.3, 0.4) is 0 Å². The minimum Gasteiger partial charge on any atom is -0.493 e. The molecule has 0 unspecified atom stereocenters. The van der Waals surface area contributed by atoms with E-state index in [0.29, 0.717) is 17.5 Å². The Bertz CT molecular complexity index is 438. The zero-order chi connectivity index (χ0) is 14.8. The summed E-state index contributed by atoms with van der Waals surface area (Å²) >= 11 is 1.85. The van der Waals surface area contributed by atoms with Gasteiger partial charge in [0.2, 0.25) is 0 Å². The Morgan fingerprint density at radius 3 is 2.65 bits per heavy atom. The number of rotatable bonds is 8. The molecule has 1 aromatic carbocycles. The molecular weight excluding hydrogens is 274 g/mol. The van der Waals surface area contributed by atoms with E-state index in [1.807, 2.05) is 30.0 Å². The lowest BCUT2D eigenvalue weighted by atomic mass is 10.3. The fourth-order valence-corrected chi connectivity index (χ4v) is 2.15. The minimum absolute atomic E-state index is 0.418. The van der Waals surface area contributed by atoms with Crippen LogP contribution in [0.15, 0.2) is 23.2 Å². The molecule has 0 aliphatic heterocycles. The molecule has 0 radical (unpaired) electrons. The average molecular weight is 297 g/mol. The van der Waals surface area contributed by atoms with Gasteiger partial charge in [-0.15, -0.1) is 0 Å². The van der Waals surface area contributed by atoms with Crippen LogP contribution >= 0.6 is 11.8 Å². The molecule has 0 aliphatic rings. The van der Waals surface area contributed by atoms with E-state index >= 15 is 0 Å². The number of ether oxygens (including phenoxy) is 2. The molecule has 112 valence electrons. The van der Waals surface area contributed by atoms with E-state index in [0.717, 1.165) is 25.1 Å².